The van der Waals surface area contributed by atoms with Gasteiger partial charge in [0.15, 0.2) is 5.78 Å². The Balaban J connectivity index is 2.15. The Labute approximate surface area is 124 Å². The SMILES string of the molecule is CC(=O)c1ccc(S(=O)(=O)NCc2ccc(C)n2C)cc1. The van der Waals surface area contributed by atoms with E-state index in [4.69, 9.17) is 0 Å². The average molecular weight is 306 g/mol. The Kier molecular flexibility index (Phi) is 4.29. The van der Waals surface area contributed by atoms with Crippen LogP contribution in [0.5, 0.6) is 0 Å². The molecule has 0 amide bonds. The lowest BCUT2D eigenvalue weighted by atomic mass is 10.2. The molecule has 1 aromatic heterocycles. The smallest absolute Gasteiger partial charge is 0.240 e. The molecule has 21 heavy (non-hydrogen) atoms. The highest BCUT2D eigenvalue weighted by Gasteiger charge is 2.15. The first-order chi connectivity index (χ1) is 9.81. The summed E-state index contributed by atoms with van der Waals surface area (Å²) in [6.45, 7) is 3.62. The molecule has 1 heterocycles. The number of nitrogens with zero attached hydrogens (tertiary/aromatic N) is 1. The summed E-state index contributed by atoms with van der Waals surface area (Å²) < 4.78 is 28.9. The van der Waals surface area contributed by atoms with E-state index in [1.807, 2.05) is 30.7 Å². The predicted octanol–water partition coefficient (Wildman–Crippen LogP) is 2.01. The summed E-state index contributed by atoms with van der Waals surface area (Å²) in [6.07, 6.45) is 0. The quantitative estimate of drug-likeness (QED) is 0.859. The third-order valence-electron chi connectivity index (χ3n) is 3.49. The van der Waals surface area contributed by atoms with E-state index in [0.717, 1.165) is 11.4 Å². The van der Waals surface area contributed by atoms with E-state index in [1.54, 1.807) is 0 Å². The monoisotopic (exact) mass is 306 g/mol. The van der Waals surface area contributed by atoms with Crippen LogP contribution in [0.4, 0.5) is 0 Å². The number of hydrogen-bond donors (Lipinski definition) is 1. The zero-order valence-electron chi connectivity index (χ0n) is 12.3. The van der Waals surface area contributed by atoms with Crippen LogP contribution >= 0.6 is 0 Å². The summed E-state index contributed by atoms with van der Waals surface area (Å²) in [5, 5.41) is 0. The molecule has 0 atom stereocenters. The van der Waals surface area contributed by atoms with Gasteiger partial charge in [0.25, 0.3) is 0 Å². The minimum absolute atomic E-state index is 0.0915. The first-order valence-corrected chi connectivity index (χ1v) is 8.01. The van der Waals surface area contributed by atoms with Gasteiger partial charge in [-0.25, -0.2) is 13.1 Å². The zero-order valence-corrected chi connectivity index (χ0v) is 13.1. The largest absolute Gasteiger partial charge is 0.351 e. The highest BCUT2D eigenvalue weighted by atomic mass is 32.2. The third-order valence-corrected chi connectivity index (χ3v) is 4.91. The van der Waals surface area contributed by atoms with Crippen molar-refractivity contribution < 1.29 is 13.2 Å². The second-order valence-corrected chi connectivity index (χ2v) is 6.70. The Morgan fingerprint density at radius 3 is 2.24 bits per heavy atom. The van der Waals surface area contributed by atoms with E-state index < -0.39 is 10.0 Å². The molecule has 0 aliphatic rings. The zero-order chi connectivity index (χ0) is 15.6. The van der Waals surface area contributed by atoms with Crippen LogP contribution in [0.1, 0.15) is 28.7 Å². The van der Waals surface area contributed by atoms with Gasteiger partial charge in [-0.05, 0) is 38.1 Å². The second-order valence-electron chi connectivity index (χ2n) is 4.93. The fourth-order valence-corrected chi connectivity index (χ4v) is 2.96. The first kappa shape index (κ1) is 15.5. The van der Waals surface area contributed by atoms with E-state index >= 15 is 0 Å². The minimum atomic E-state index is -3.58. The molecule has 112 valence electrons. The van der Waals surface area contributed by atoms with Crippen molar-refractivity contribution in [3.63, 3.8) is 0 Å². The number of benzene rings is 1. The molecular formula is C15H18N2O3S. The molecule has 1 aromatic carbocycles. The van der Waals surface area contributed by atoms with Crippen molar-refractivity contribution in [2.45, 2.75) is 25.3 Å². The van der Waals surface area contributed by atoms with Crippen molar-refractivity contribution >= 4 is 15.8 Å². The van der Waals surface area contributed by atoms with Crippen LogP contribution < -0.4 is 4.72 Å². The lowest BCUT2D eigenvalue weighted by Gasteiger charge is -2.09. The molecule has 0 aliphatic heterocycles. The summed E-state index contributed by atoms with van der Waals surface area (Å²) in [5.41, 5.74) is 2.44. The van der Waals surface area contributed by atoms with Crippen molar-refractivity contribution in [3.05, 3.63) is 53.3 Å². The van der Waals surface area contributed by atoms with Crippen molar-refractivity contribution in [3.8, 4) is 0 Å². The van der Waals surface area contributed by atoms with Crippen LogP contribution in [0.15, 0.2) is 41.3 Å². The number of nitrogens with one attached hydrogen (secondary N) is 1. The van der Waals surface area contributed by atoms with Gasteiger partial charge in [-0.1, -0.05) is 12.1 Å². The average Bonchev–Trinajstić information content (AvgIpc) is 2.77. The van der Waals surface area contributed by atoms with Gasteiger partial charge in [-0.2, -0.15) is 0 Å². The number of ketones is 1. The standard InChI is InChI=1S/C15H18N2O3S/c1-11-4-7-14(17(11)3)10-16-21(19,20)15-8-5-13(6-9-15)12(2)18/h4-9,16H,10H2,1-3H3. The number of sulfonamides is 1. The molecule has 0 aliphatic carbocycles. The van der Waals surface area contributed by atoms with Crippen LogP contribution in [0.3, 0.4) is 0 Å². The van der Waals surface area contributed by atoms with Crippen molar-refractivity contribution in [2.75, 3.05) is 0 Å². The maximum Gasteiger partial charge on any atom is 0.240 e. The van der Waals surface area contributed by atoms with E-state index in [1.165, 1.54) is 31.2 Å². The summed E-state index contributed by atoms with van der Waals surface area (Å²) in [4.78, 5) is 11.3. The van der Waals surface area contributed by atoms with Gasteiger partial charge < -0.3 is 4.57 Å². The maximum absolute atomic E-state index is 12.2. The topological polar surface area (TPSA) is 68.2 Å². The van der Waals surface area contributed by atoms with Gasteiger partial charge in [0.2, 0.25) is 10.0 Å². The molecule has 2 rings (SSSR count). The van der Waals surface area contributed by atoms with Crippen LogP contribution in [0.2, 0.25) is 0 Å². The van der Waals surface area contributed by atoms with Crippen LogP contribution in [0.25, 0.3) is 0 Å². The van der Waals surface area contributed by atoms with Gasteiger partial charge in [-0.15, -0.1) is 0 Å². The van der Waals surface area contributed by atoms with Crippen LogP contribution in [-0.4, -0.2) is 18.8 Å². The van der Waals surface area contributed by atoms with Crippen molar-refractivity contribution in [2.24, 2.45) is 7.05 Å². The Morgan fingerprint density at radius 1 is 1.14 bits per heavy atom. The molecule has 0 radical (unpaired) electrons. The Hall–Kier alpha value is -1.92. The predicted molar refractivity (Wildman–Crippen MR) is 80.6 cm³/mol. The summed E-state index contributed by atoms with van der Waals surface area (Å²) >= 11 is 0. The van der Waals surface area contributed by atoms with E-state index in [0.29, 0.717) is 5.56 Å². The summed E-state index contributed by atoms with van der Waals surface area (Å²) in [5.74, 6) is -0.0915. The summed E-state index contributed by atoms with van der Waals surface area (Å²) in [6, 6.07) is 9.74. The third kappa shape index (κ3) is 3.40. The normalized spacial score (nSPS) is 11.6. The lowest BCUT2D eigenvalue weighted by Crippen LogP contribution is -2.24. The molecule has 5 nitrogen and oxygen atoms in total. The molecule has 6 heteroatoms. The second kappa shape index (κ2) is 5.83. The highest BCUT2D eigenvalue weighted by molar-refractivity contribution is 7.89. The molecule has 0 saturated carbocycles. The van der Waals surface area contributed by atoms with Gasteiger partial charge in [-0.3, -0.25) is 4.79 Å². The number of aromatic nitrogens is 1. The van der Waals surface area contributed by atoms with Crippen LogP contribution in [0, 0.1) is 6.92 Å². The Bertz CT molecular complexity index is 759. The lowest BCUT2D eigenvalue weighted by molar-refractivity contribution is 0.101. The Morgan fingerprint density at radius 2 is 1.76 bits per heavy atom. The van der Waals surface area contributed by atoms with Gasteiger partial charge in [0.05, 0.1) is 11.4 Å². The van der Waals surface area contributed by atoms with E-state index in [2.05, 4.69) is 4.72 Å². The van der Waals surface area contributed by atoms with Gasteiger partial charge in [0, 0.05) is 24.0 Å². The van der Waals surface area contributed by atoms with Crippen molar-refractivity contribution in [1.82, 2.24) is 9.29 Å². The number of carbonyl (C=O) groups is 1. The fraction of sp³-hybridized carbons (Fsp3) is 0.267. The molecule has 0 saturated heterocycles. The van der Waals surface area contributed by atoms with E-state index in [-0.39, 0.29) is 17.2 Å². The molecule has 2 aromatic rings. The first-order valence-electron chi connectivity index (χ1n) is 6.53. The molecule has 0 unspecified atom stereocenters. The number of hydrogen-bond acceptors (Lipinski definition) is 3. The summed E-state index contributed by atoms with van der Waals surface area (Å²) in [7, 11) is -1.69. The van der Waals surface area contributed by atoms with Crippen LogP contribution in [-0.2, 0) is 23.6 Å². The molecule has 0 spiro atoms. The molecule has 0 fully saturated rings. The molecule has 0 bridgehead atoms. The fourth-order valence-electron chi connectivity index (χ4n) is 1.97. The highest BCUT2D eigenvalue weighted by Crippen LogP contribution is 2.12. The number of rotatable bonds is 5. The number of aryl methyl sites for hydroxylation is 1. The van der Waals surface area contributed by atoms with Gasteiger partial charge in [0.1, 0.15) is 0 Å². The molecule has 1 N–H and O–H groups in total. The number of Topliss-reactive ketones (excluding diaryl/α,β-unsaturated/α-hetero) is 1. The minimum Gasteiger partial charge on any atom is -0.351 e. The maximum atomic E-state index is 12.2. The van der Waals surface area contributed by atoms with E-state index in [9.17, 15) is 13.2 Å². The molecular weight excluding hydrogens is 288 g/mol. The van der Waals surface area contributed by atoms with Gasteiger partial charge >= 0.3 is 0 Å². The number of carbonyl (C=O) groups excluding carboxylic acids is 1. The van der Waals surface area contributed by atoms with Crippen molar-refractivity contribution in [1.29, 1.82) is 0 Å².